The Morgan fingerprint density at radius 3 is 2.56 bits per heavy atom. The minimum atomic E-state index is -0.856. The number of pyridine rings is 1. The first-order valence-corrected chi connectivity index (χ1v) is 9.70. The zero-order chi connectivity index (χ0) is 19.6. The van der Waals surface area contributed by atoms with Crippen molar-refractivity contribution in [3.8, 4) is 0 Å². The van der Waals surface area contributed by atoms with Gasteiger partial charge < -0.3 is 10.1 Å². The van der Waals surface area contributed by atoms with Crippen LogP contribution in [-0.2, 0) is 22.4 Å². The van der Waals surface area contributed by atoms with Gasteiger partial charge in [0.05, 0.1) is 11.1 Å². The van der Waals surface area contributed by atoms with Gasteiger partial charge in [-0.05, 0) is 65.0 Å². The van der Waals surface area contributed by atoms with E-state index < -0.39 is 12.1 Å². The lowest BCUT2D eigenvalue weighted by Crippen LogP contribution is -2.46. The molecule has 0 radical (unpaired) electrons. The van der Waals surface area contributed by atoms with Gasteiger partial charge in [0.25, 0.3) is 5.91 Å². The van der Waals surface area contributed by atoms with Crippen LogP contribution in [0.4, 0.5) is 0 Å². The molecule has 0 bridgehead atoms. The molecule has 1 atom stereocenters. The molecule has 1 N–H and O–H groups in total. The van der Waals surface area contributed by atoms with E-state index >= 15 is 0 Å². The normalized spacial score (nSPS) is 15.6. The second-order valence-corrected chi connectivity index (χ2v) is 8.28. The number of fused-ring (bicyclic) bond motifs is 2. The number of aromatic nitrogens is 1. The van der Waals surface area contributed by atoms with Crippen molar-refractivity contribution in [2.24, 2.45) is 0 Å². The number of ether oxygens (including phenoxy) is 1. The van der Waals surface area contributed by atoms with Gasteiger partial charge in [-0.3, -0.25) is 9.78 Å². The molecule has 1 aliphatic carbocycles. The second kappa shape index (κ2) is 7.67. The predicted octanol–water partition coefficient (Wildman–Crippen LogP) is 3.96. The average molecular weight is 368 g/mol. The number of amides is 1. The molecule has 144 valence electrons. The first-order chi connectivity index (χ1) is 12.8. The first-order valence-electron chi connectivity index (χ1n) is 9.70. The molecule has 1 aromatic carbocycles. The molecule has 0 saturated carbocycles. The van der Waals surface area contributed by atoms with E-state index in [1.165, 1.54) is 0 Å². The molecule has 1 unspecified atom stereocenters. The standard InChI is InChI=1S/C22H28N2O3/c1-14(20(25)24-22(2,3)4)27-21(26)19-15-10-6-5-7-12-17(15)23-18-13-9-8-11-16(18)19/h8-9,11,13-14H,5-7,10,12H2,1-4H3,(H,24,25). The van der Waals surface area contributed by atoms with Gasteiger partial charge in [0, 0.05) is 16.6 Å². The minimum absolute atomic E-state index is 0.291. The fraction of sp³-hybridized carbons (Fsp3) is 0.500. The van der Waals surface area contributed by atoms with Crippen LogP contribution < -0.4 is 5.32 Å². The number of carbonyl (C=O) groups excluding carboxylic acids is 2. The van der Waals surface area contributed by atoms with E-state index in [0.717, 1.165) is 54.3 Å². The van der Waals surface area contributed by atoms with Crippen LogP contribution in [0.3, 0.4) is 0 Å². The Morgan fingerprint density at radius 2 is 1.81 bits per heavy atom. The molecule has 27 heavy (non-hydrogen) atoms. The molecule has 0 fully saturated rings. The molecule has 1 aliphatic rings. The smallest absolute Gasteiger partial charge is 0.339 e. The highest BCUT2D eigenvalue weighted by Crippen LogP contribution is 2.29. The molecule has 3 rings (SSSR count). The van der Waals surface area contributed by atoms with Gasteiger partial charge in [-0.1, -0.05) is 24.6 Å². The molecule has 0 spiro atoms. The molecule has 2 aromatic rings. The summed E-state index contributed by atoms with van der Waals surface area (Å²) in [6.45, 7) is 7.31. The maximum atomic E-state index is 13.1. The van der Waals surface area contributed by atoms with Gasteiger partial charge in [0.1, 0.15) is 0 Å². The molecule has 1 heterocycles. The van der Waals surface area contributed by atoms with E-state index in [2.05, 4.69) is 5.32 Å². The van der Waals surface area contributed by atoms with Crippen molar-refractivity contribution < 1.29 is 14.3 Å². The quantitative estimate of drug-likeness (QED) is 0.658. The summed E-state index contributed by atoms with van der Waals surface area (Å²) in [4.78, 5) is 30.2. The number of hydrogen-bond donors (Lipinski definition) is 1. The fourth-order valence-corrected chi connectivity index (χ4v) is 3.53. The Kier molecular flexibility index (Phi) is 5.49. The Morgan fingerprint density at radius 1 is 1.11 bits per heavy atom. The fourth-order valence-electron chi connectivity index (χ4n) is 3.53. The number of hydrogen-bond acceptors (Lipinski definition) is 4. The summed E-state index contributed by atoms with van der Waals surface area (Å²) in [5.41, 5.74) is 2.98. The number of nitrogens with one attached hydrogen (secondary N) is 1. The number of aryl methyl sites for hydroxylation is 1. The largest absolute Gasteiger partial charge is 0.449 e. The van der Waals surface area contributed by atoms with Gasteiger partial charge in [0.2, 0.25) is 0 Å². The Balaban J connectivity index is 1.96. The zero-order valence-corrected chi connectivity index (χ0v) is 16.6. The summed E-state index contributed by atoms with van der Waals surface area (Å²) in [5.74, 6) is -0.733. The van der Waals surface area contributed by atoms with Crippen molar-refractivity contribution >= 4 is 22.8 Å². The van der Waals surface area contributed by atoms with E-state index in [1.54, 1.807) is 6.92 Å². The van der Waals surface area contributed by atoms with Gasteiger partial charge in [0.15, 0.2) is 6.10 Å². The summed E-state index contributed by atoms with van der Waals surface area (Å²) in [7, 11) is 0. The van der Waals surface area contributed by atoms with E-state index in [9.17, 15) is 9.59 Å². The number of benzene rings is 1. The van der Waals surface area contributed by atoms with Crippen molar-refractivity contribution in [3.63, 3.8) is 0 Å². The molecule has 0 aliphatic heterocycles. The molecular weight excluding hydrogens is 340 g/mol. The summed E-state index contributed by atoms with van der Waals surface area (Å²) >= 11 is 0. The second-order valence-electron chi connectivity index (χ2n) is 8.28. The maximum absolute atomic E-state index is 13.1. The van der Waals surface area contributed by atoms with E-state index in [0.29, 0.717) is 5.56 Å². The van der Waals surface area contributed by atoms with Crippen molar-refractivity contribution in [1.82, 2.24) is 10.3 Å². The third kappa shape index (κ3) is 4.46. The van der Waals surface area contributed by atoms with Crippen molar-refractivity contribution in [2.75, 3.05) is 0 Å². The summed E-state index contributed by atoms with van der Waals surface area (Å²) in [5, 5.41) is 3.65. The average Bonchev–Trinajstić information content (AvgIpc) is 2.82. The van der Waals surface area contributed by atoms with Crippen LogP contribution >= 0.6 is 0 Å². The van der Waals surface area contributed by atoms with Crippen LogP contribution in [0.15, 0.2) is 24.3 Å². The van der Waals surface area contributed by atoms with Gasteiger partial charge in [-0.2, -0.15) is 0 Å². The third-order valence-electron chi connectivity index (χ3n) is 4.77. The molecule has 5 heteroatoms. The number of para-hydroxylation sites is 1. The SMILES string of the molecule is CC(OC(=O)c1c2c(nc3ccccc13)CCCCC2)C(=O)NC(C)(C)C. The summed E-state index contributed by atoms with van der Waals surface area (Å²) in [6, 6.07) is 7.66. The van der Waals surface area contributed by atoms with Gasteiger partial charge in [-0.25, -0.2) is 4.79 Å². The Bertz CT molecular complexity index is 868. The molecule has 0 saturated heterocycles. The Hall–Kier alpha value is -2.43. The maximum Gasteiger partial charge on any atom is 0.339 e. The highest BCUT2D eigenvalue weighted by atomic mass is 16.5. The topological polar surface area (TPSA) is 68.3 Å². The van der Waals surface area contributed by atoms with Crippen molar-refractivity contribution in [1.29, 1.82) is 0 Å². The Labute approximate surface area is 160 Å². The van der Waals surface area contributed by atoms with Gasteiger partial charge in [-0.15, -0.1) is 0 Å². The molecule has 1 amide bonds. The van der Waals surface area contributed by atoms with Crippen LogP contribution in [0.5, 0.6) is 0 Å². The molecule has 1 aromatic heterocycles. The van der Waals surface area contributed by atoms with Gasteiger partial charge >= 0.3 is 5.97 Å². The molecular formula is C22H28N2O3. The van der Waals surface area contributed by atoms with Crippen LogP contribution in [0.1, 0.15) is 68.6 Å². The van der Waals surface area contributed by atoms with E-state index in [4.69, 9.17) is 9.72 Å². The van der Waals surface area contributed by atoms with Crippen molar-refractivity contribution in [3.05, 3.63) is 41.1 Å². The van der Waals surface area contributed by atoms with Crippen LogP contribution in [0, 0.1) is 0 Å². The van der Waals surface area contributed by atoms with Crippen LogP contribution in [0.2, 0.25) is 0 Å². The zero-order valence-electron chi connectivity index (χ0n) is 16.6. The van der Waals surface area contributed by atoms with Crippen molar-refractivity contribution in [2.45, 2.75) is 71.4 Å². The number of esters is 1. The van der Waals surface area contributed by atoms with Crippen LogP contribution in [-0.4, -0.2) is 28.5 Å². The highest BCUT2D eigenvalue weighted by molar-refractivity contribution is 6.05. The summed E-state index contributed by atoms with van der Waals surface area (Å²) in [6.07, 6.45) is 4.08. The summed E-state index contributed by atoms with van der Waals surface area (Å²) < 4.78 is 5.58. The lowest BCUT2D eigenvalue weighted by molar-refractivity contribution is -0.130. The van der Waals surface area contributed by atoms with Crippen LogP contribution in [0.25, 0.3) is 10.9 Å². The van der Waals surface area contributed by atoms with E-state index in [1.807, 2.05) is 45.0 Å². The number of carbonyl (C=O) groups is 2. The number of nitrogens with zero attached hydrogens (tertiary/aromatic N) is 1. The lowest BCUT2D eigenvalue weighted by Gasteiger charge is -2.23. The third-order valence-corrected chi connectivity index (χ3v) is 4.77. The van der Waals surface area contributed by atoms with E-state index in [-0.39, 0.29) is 11.4 Å². The monoisotopic (exact) mass is 368 g/mol. The molecule has 5 nitrogen and oxygen atoms in total. The highest BCUT2D eigenvalue weighted by Gasteiger charge is 2.27. The lowest BCUT2D eigenvalue weighted by atomic mass is 9.97. The number of rotatable bonds is 3. The predicted molar refractivity (Wildman–Crippen MR) is 106 cm³/mol. The minimum Gasteiger partial charge on any atom is -0.449 e. The first kappa shape index (κ1) is 19.3.